The third kappa shape index (κ3) is 3.83. The molecule has 3 N–H and O–H groups in total. The Balaban J connectivity index is 0.00000208. The summed E-state index contributed by atoms with van der Waals surface area (Å²) < 4.78 is 5.77. The maximum atomic E-state index is 12.4. The Morgan fingerprint density at radius 3 is 2.21 bits per heavy atom. The van der Waals surface area contributed by atoms with E-state index >= 15 is 0 Å². The summed E-state index contributed by atoms with van der Waals surface area (Å²) in [6.45, 7) is 3.97. The summed E-state index contributed by atoms with van der Waals surface area (Å²) in [6.07, 6.45) is 4.67. The first-order valence-electron chi connectivity index (χ1n) is 8.35. The number of aryl methyl sites for hydroxylation is 2. The molecule has 2 bridgehead atoms. The molecule has 5 nitrogen and oxygen atoms in total. The minimum absolute atomic E-state index is 0. The molecule has 2 fully saturated rings. The Bertz CT molecular complexity index is 600. The summed E-state index contributed by atoms with van der Waals surface area (Å²) in [7, 11) is 0. The quantitative estimate of drug-likeness (QED) is 0.487. The zero-order valence-electron chi connectivity index (χ0n) is 14.2. The molecule has 2 unspecified atom stereocenters. The van der Waals surface area contributed by atoms with Crippen LogP contribution in [0, 0.1) is 19.3 Å². The first kappa shape index (κ1) is 18.6. The molecule has 2 atom stereocenters. The number of carbonyl (C=O) groups is 1. The SMILES string of the molecule is Cc1cc(C)cc(C(=O)OC2CC3CCCC(C2)N3C(=N)N)c1.Cl. The Hall–Kier alpha value is -1.75. The fourth-order valence-electron chi connectivity index (χ4n) is 4.13. The van der Waals surface area contributed by atoms with E-state index < -0.39 is 0 Å². The van der Waals surface area contributed by atoms with Gasteiger partial charge in [0.05, 0.1) is 5.56 Å². The summed E-state index contributed by atoms with van der Waals surface area (Å²) in [5, 5.41) is 7.77. The van der Waals surface area contributed by atoms with Crippen molar-refractivity contribution in [3.05, 3.63) is 34.9 Å². The smallest absolute Gasteiger partial charge is 0.338 e. The molecule has 2 saturated heterocycles. The molecular weight excluding hydrogens is 326 g/mol. The predicted molar refractivity (Wildman–Crippen MR) is 96.8 cm³/mol. The molecule has 132 valence electrons. The lowest BCUT2D eigenvalue weighted by Crippen LogP contribution is -2.58. The zero-order chi connectivity index (χ0) is 16.6. The molecule has 0 amide bonds. The number of fused-ring (bicyclic) bond motifs is 2. The number of nitrogens with two attached hydrogens (primary N) is 1. The van der Waals surface area contributed by atoms with Crippen LogP contribution in [0.2, 0.25) is 0 Å². The average molecular weight is 352 g/mol. The fraction of sp³-hybridized carbons (Fsp3) is 0.556. The van der Waals surface area contributed by atoms with Crippen molar-refractivity contribution in [1.82, 2.24) is 4.90 Å². The lowest BCUT2D eigenvalue weighted by Gasteiger charge is -2.48. The molecule has 0 aliphatic carbocycles. The minimum atomic E-state index is -0.240. The van der Waals surface area contributed by atoms with Gasteiger partial charge in [0.15, 0.2) is 5.96 Å². The van der Waals surface area contributed by atoms with Crippen molar-refractivity contribution < 1.29 is 9.53 Å². The lowest BCUT2D eigenvalue weighted by atomic mass is 9.83. The fourth-order valence-corrected chi connectivity index (χ4v) is 4.13. The maximum Gasteiger partial charge on any atom is 0.338 e. The van der Waals surface area contributed by atoms with Crippen molar-refractivity contribution in [2.75, 3.05) is 0 Å². The minimum Gasteiger partial charge on any atom is -0.459 e. The highest BCUT2D eigenvalue weighted by Gasteiger charge is 2.40. The van der Waals surface area contributed by atoms with Gasteiger partial charge in [-0.2, -0.15) is 0 Å². The number of esters is 1. The van der Waals surface area contributed by atoms with Gasteiger partial charge in [-0.05, 0) is 45.2 Å². The van der Waals surface area contributed by atoms with Crippen molar-refractivity contribution in [3.63, 3.8) is 0 Å². The standard InChI is InChI=1S/C18H25N3O2.ClH/c1-11-6-12(2)8-13(7-11)17(22)23-16-9-14-4-3-5-15(10-16)21(14)18(19)20;/h6-8,14-16H,3-5,9-10H2,1-2H3,(H3,19,20);1H. The summed E-state index contributed by atoms with van der Waals surface area (Å²) >= 11 is 0. The van der Waals surface area contributed by atoms with Crippen LogP contribution in [-0.2, 0) is 4.74 Å². The maximum absolute atomic E-state index is 12.4. The molecule has 2 aliphatic heterocycles. The summed E-state index contributed by atoms with van der Waals surface area (Å²) in [5.74, 6) is -0.0880. The number of rotatable bonds is 2. The Labute approximate surface area is 149 Å². The summed E-state index contributed by atoms with van der Waals surface area (Å²) in [6, 6.07) is 6.27. The molecule has 1 aromatic rings. The van der Waals surface area contributed by atoms with Crippen LogP contribution in [0.5, 0.6) is 0 Å². The van der Waals surface area contributed by atoms with Gasteiger partial charge in [0, 0.05) is 24.9 Å². The van der Waals surface area contributed by atoms with Gasteiger partial charge in [-0.1, -0.05) is 17.2 Å². The van der Waals surface area contributed by atoms with Crippen LogP contribution >= 0.6 is 12.4 Å². The molecule has 6 heteroatoms. The summed E-state index contributed by atoms with van der Waals surface area (Å²) in [5.41, 5.74) is 8.50. The molecular formula is C18H26ClN3O2. The summed E-state index contributed by atoms with van der Waals surface area (Å²) in [4.78, 5) is 14.5. The lowest BCUT2D eigenvalue weighted by molar-refractivity contribution is -0.0178. The molecule has 0 radical (unpaired) electrons. The number of carbonyl (C=O) groups excluding carboxylic acids is 1. The van der Waals surface area contributed by atoms with Gasteiger partial charge in [0.1, 0.15) is 6.10 Å². The number of ether oxygens (including phenoxy) is 1. The van der Waals surface area contributed by atoms with Crippen LogP contribution in [0.15, 0.2) is 18.2 Å². The van der Waals surface area contributed by atoms with Crippen molar-refractivity contribution in [2.24, 2.45) is 5.73 Å². The zero-order valence-corrected chi connectivity index (χ0v) is 15.1. The number of benzene rings is 1. The number of hydrogen-bond donors (Lipinski definition) is 2. The van der Waals surface area contributed by atoms with E-state index in [1.54, 1.807) is 0 Å². The topological polar surface area (TPSA) is 79.4 Å². The number of halogens is 1. The van der Waals surface area contributed by atoms with Gasteiger partial charge in [0.2, 0.25) is 0 Å². The molecule has 2 aliphatic rings. The largest absolute Gasteiger partial charge is 0.459 e. The number of nitrogens with zero attached hydrogens (tertiary/aromatic N) is 1. The third-order valence-corrected chi connectivity index (χ3v) is 4.94. The monoisotopic (exact) mass is 351 g/mol. The van der Waals surface area contributed by atoms with Crippen molar-refractivity contribution in [3.8, 4) is 0 Å². The van der Waals surface area contributed by atoms with E-state index in [1.807, 2.05) is 36.9 Å². The number of hydrogen-bond acceptors (Lipinski definition) is 3. The van der Waals surface area contributed by atoms with Crippen molar-refractivity contribution in [1.29, 1.82) is 5.41 Å². The molecule has 0 saturated carbocycles. The molecule has 0 spiro atoms. The van der Waals surface area contributed by atoms with Crippen molar-refractivity contribution >= 4 is 24.3 Å². The van der Waals surface area contributed by atoms with E-state index in [1.165, 1.54) is 0 Å². The van der Waals surface area contributed by atoms with Crippen LogP contribution in [-0.4, -0.2) is 35.0 Å². The Kier molecular flexibility index (Phi) is 5.75. The second-order valence-electron chi connectivity index (χ2n) is 6.91. The van der Waals surface area contributed by atoms with E-state index in [2.05, 4.69) is 0 Å². The number of guanidine groups is 1. The van der Waals surface area contributed by atoms with Crippen LogP contribution in [0.1, 0.15) is 53.6 Å². The normalized spacial score (nSPS) is 25.6. The molecule has 24 heavy (non-hydrogen) atoms. The first-order chi connectivity index (χ1) is 10.9. The Morgan fingerprint density at radius 1 is 1.17 bits per heavy atom. The van der Waals surface area contributed by atoms with Crippen LogP contribution in [0.3, 0.4) is 0 Å². The molecule has 1 aromatic carbocycles. The van der Waals surface area contributed by atoms with E-state index in [4.69, 9.17) is 15.9 Å². The number of nitrogens with one attached hydrogen (secondary N) is 1. The van der Waals surface area contributed by atoms with Crippen LogP contribution < -0.4 is 5.73 Å². The number of piperidine rings is 2. The van der Waals surface area contributed by atoms with Crippen molar-refractivity contribution in [2.45, 2.75) is 64.1 Å². The van der Waals surface area contributed by atoms with Gasteiger partial charge in [-0.25, -0.2) is 4.79 Å². The average Bonchev–Trinajstić information content (AvgIpc) is 2.44. The third-order valence-electron chi connectivity index (χ3n) is 4.94. The van der Waals surface area contributed by atoms with E-state index in [9.17, 15) is 4.79 Å². The molecule has 3 rings (SSSR count). The second kappa shape index (κ2) is 7.43. The van der Waals surface area contributed by atoms with Gasteiger partial charge < -0.3 is 15.4 Å². The molecule has 0 aromatic heterocycles. The first-order valence-corrected chi connectivity index (χ1v) is 8.35. The Morgan fingerprint density at radius 2 is 1.71 bits per heavy atom. The molecule has 2 heterocycles. The van der Waals surface area contributed by atoms with Gasteiger partial charge in [-0.3, -0.25) is 5.41 Å². The predicted octanol–water partition coefficient (Wildman–Crippen LogP) is 3.16. The highest BCUT2D eigenvalue weighted by Crippen LogP contribution is 2.35. The highest BCUT2D eigenvalue weighted by atomic mass is 35.5. The highest BCUT2D eigenvalue weighted by molar-refractivity contribution is 5.90. The second-order valence-corrected chi connectivity index (χ2v) is 6.91. The van der Waals surface area contributed by atoms with Gasteiger partial charge >= 0.3 is 5.97 Å². The van der Waals surface area contributed by atoms with Gasteiger partial charge in [-0.15, -0.1) is 12.4 Å². The van der Waals surface area contributed by atoms with E-state index in [0.717, 1.165) is 43.2 Å². The van der Waals surface area contributed by atoms with Gasteiger partial charge in [0.25, 0.3) is 0 Å². The van der Waals surface area contributed by atoms with Crippen LogP contribution in [0.4, 0.5) is 0 Å². The van der Waals surface area contributed by atoms with E-state index in [0.29, 0.717) is 5.56 Å². The van der Waals surface area contributed by atoms with Crippen LogP contribution in [0.25, 0.3) is 0 Å². The van der Waals surface area contributed by atoms with E-state index in [-0.39, 0.29) is 42.5 Å².